The normalized spacial score (nSPS) is 10.9. The molecule has 0 aromatic heterocycles. The molecule has 0 atom stereocenters. The van der Waals surface area contributed by atoms with Crippen molar-refractivity contribution < 1.29 is 0 Å². The van der Waals surface area contributed by atoms with Crippen molar-refractivity contribution in [1.29, 1.82) is 0 Å². The highest BCUT2D eigenvalue weighted by atomic mass is 35.5. The van der Waals surface area contributed by atoms with Gasteiger partial charge in [0.1, 0.15) is 0 Å². The summed E-state index contributed by atoms with van der Waals surface area (Å²) in [6.07, 6.45) is 1.09. The fourth-order valence-corrected chi connectivity index (χ4v) is 2.55. The fraction of sp³-hybridized carbons (Fsp3) is 0.333. The molecule has 0 aliphatic rings. The van der Waals surface area contributed by atoms with Crippen molar-refractivity contribution in [2.24, 2.45) is 0 Å². The molecule has 0 aliphatic heterocycles. The third kappa shape index (κ3) is 4.66. The van der Waals surface area contributed by atoms with Crippen LogP contribution < -0.4 is 0 Å². The first kappa shape index (κ1) is 15.1. The molecule has 106 valence electrons. The molecule has 0 radical (unpaired) electrons. The molecule has 2 aromatic rings. The molecular formula is C18H22ClN. The average molecular weight is 288 g/mol. The second-order valence-corrected chi connectivity index (χ2v) is 5.43. The Morgan fingerprint density at radius 2 is 1.35 bits per heavy atom. The van der Waals surface area contributed by atoms with Crippen molar-refractivity contribution >= 4 is 11.6 Å². The Bertz CT molecular complexity index is 493. The van der Waals surface area contributed by atoms with Gasteiger partial charge in [-0.2, -0.15) is 0 Å². The molecule has 0 amide bonds. The fourth-order valence-electron chi connectivity index (χ4n) is 2.31. The SMILES string of the molecule is CCc1ccc(CN(CCCl)Cc2ccccc2)cc1. The summed E-state index contributed by atoms with van der Waals surface area (Å²) in [6.45, 7) is 4.99. The van der Waals surface area contributed by atoms with Crippen LogP contribution in [0.2, 0.25) is 0 Å². The van der Waals surface area contributed by atoms with Crippen LogP contribution in [0.25, 0.3) is 0 Å². The van der Waals surface area contributed by atoms with Gasteiger partial charge in [-0.25, -0.2) is 0 Å². The van der Waals surface area contributed by atoms with E-state index in [0.717, 1.165) is 26.1 Å². The van der Waals surface area contributed by atoms with E-state index in [-0.39, 0.29) is 0 Å². The lowest BCUT2D eigenvalue weighted by atomic mass is 10.1. The predicted molar refractivity (Wildman–Crippen MR) is 87.1 cm³/mol. The number of halogens is 1. The Labute approximate surface area is 127 Å². The molecule has 0 fully saturated rings. The van der Waals surface area contributed by atoms with E-state index in [0.29, 0.717) is 5.88 Å². The Hall–Kier alpha value is -1.31. The minimum absolute atomic E-state index is 0.667. The van der Waals surface area contributed by atoms with Crippen LogP contribution in [0.4, 0.5) is 0 Å². The predicted octanol–water partition coefficient (Wildman–Crippen LogP) is 4.49. The quantitative estimate of drug-likeness (QED) is 0.678. The van der Waals surface area contributed by atoms with Gasteiger partial charge in [-0.3, -0.25) is 4.90 Å². The maximum Gasteiger partial charge on any atom is 0.0351 e. The second-order valence-electron chi connectivity index (χ2n) is 5.06. The largest absolute Gasteiger partial charge is 0.294 e. The number of rotatable bonds is 7. The summed E-state index contributed by atoms with van der Waals surface area (Å²) >= 11 is 5.93. The van der Waals surface area contributed by atoms with Gasteiger partial charge in [0.2, 0.25) is 0 Å². The van der Waals surface area contributed by atoms with E-state index in [1.807, 2.05) is 0 Å². The van der Waals surface area contributed by atoms with Crippen LogP contribution in [0.1, 0.15) is 23.6 Å². The van der Waals surface area contributed by atoms with E-state index in [2.05, 4.69) is 66.4 Å². The van der Waals surface area contributed by atoms with Crippen LogP contribution in [0, 0.1) is 0 Å². The van der Waals surface area contributed by atoms with Crippen molar-refractivity contribution in [2.75, 3.05) is 12.4 Å². The molecule has 0 spiro atoms. The molecule has 2 rings (SSSR count). The molecule has 1 nitrogen and oxygen atoms in total. The second kappa shape index (κ2) is 8.08. The lowest BCUT2D eigenvalue weighted by Gasteiger charge is -2.21. The minimum atomic E-state index is 0.667. The van der Waals surface area contributed by atoms with E-state index < -0.39 is 0 Å². The summed E-state index contributed by atoms with van der Waals surface area (Å²) in [6, 6.07) is 19.5. The van der Waals surface area contributed by atoms with E-state index in [9.17, 15) is 0 Å². The summed E-state index contributed by atoms with van der Waals surface area (Å²) in [5.41, 5.74) is 4.08. The average Bonchev–Trinajstić information content (AvgIpc) is 2.49. The molecule has 0 unspecified atom stereocenters. The molecule has 0 saturated carbocycles. The van der Waals surface area contributed by atoms with E-state index in [1.165, 1.54) is 16.7 Å². The zero-order valence-electron chi connectivity index (χ0n) is 12.1. The maximum atomic E-state index is 5.93. The van der Waals surface area contributed by atoms with Crippen LogP contribution >= 0.6 is 11.6 Å². The smallest absolute Gasteiger partial charge is 0.0351 e. The van der Waals surface area contributed by atoms with Gasteiger partial charge in [0.05, 0.1) is 0 Å². The van der Waals surface area contributed by atoms with Gasteiger partial charge in [0.15, 0.2) is 0 Å². The standard InChI is InChI=1S/C18H22ClN/c1-2-16-8-10-18(11-9-16)15-20(13-12-19)14-17-6-4-3-5-7-17/h3-11H,2,12-15H2,1H3. The molecule has 0 N–H and O–H groups in total. The molecule has 20 heavy (non-hydrogen) atoms. The number of hydrogen-bond donors (Lipinski definition) is 0. The van der Waals surface area contributed by atoms with Crippen molar-refractivity contribution in [3.63, 3.8) is 0 Å². The Kier molecular flexibility index (Phi) is 6.10. The van der Waals surface area contributed by atoms with Gasteiger partial charge in [-0.15, -0.1) is 11.6 Å². The van der Waals surface area contributed by atoms with Crippen LogP contribution in [-0.2, 0) is 19.5 Å². The molecule has 0 bridgehead atoms. The van der Waals surface area contributed by atoms with Gasteiger partial charge < -0.3 is 0 Å². The van der Waals surface area contributed by atoms with Crippen molar-refractivity contribution in [3.8, 4) is 0 Å². The minimum Gasteiger partial charge on any atom is -0.294 e. The Balaban J connectivity index is 2.00. The lowest BCUT2D eigenvalue weighted by Crippen LogP contribution is -2.24. The number of nitrogens with zero attached hydrogens (tertiary/aromatic N) is 1. The zero-order valence-corrected chi connectivity index (χ0v) is 12.8. The van der Waals surface area contributed by atoms with E-state index in [4.69, 9.17) is 11.6 Å². The summed E-state index contributed by atoms with van der Waals surface area (Å²) in [4.78, 5) is 2.39. The van der Waals surface area contributed by atoms with Gasteiger partial charge in [-0.05, 0) is 23.1 Å². The number of hydrogen-bond acceptors (Lipinski definition) is 1. The number of benzene rings is 2. The van der Waals surface area contributed by atoms with Crippen molar-refractivity contribution in [1.82, 2.24) is 4.90 Å². The molecule has 0 aliphatic carbocycles. The van der Waals surface area contributed by atoms with Crippen molar-refractivity contribution in [3.05, 3.63) is 71.3 Å². The molecule has 2 aromatic carbocycles. The van der Waals surface area contributed by atoms with Crippen LogP contribution in [0.5, 0.6) is 0 Å². The van der Waals surface area contributed by atoms with Crippen LogP contribution in [-0.4, -0.2) is 17.3 Å². The Morgan fingerprint density at radius 3 is 1.90 bits per heavy atom. The Morgan fingerprint density at radius 1 is 0.800 bits per heavy atom. The highest BCUT2D eigenvalue weighted by Gasteiger charge is 2.06. The molecule has 0 heterocycles. The first-order chi connectivity index (χ1) is 9.81. The maximum absolute atomic E-state index is 5.93. The molecule has 0 saturated heterocycles. The number of aryl methyl sites for hydroxylation is 1. The number of alkyl halides is 1. The van der Waals surface area contributed by atoms with Gasteiger partial charge in [-0.1, -0.05) is 61.5 Å². The summed E-state index contributed by atoms with van der Waals surface area (Å²) in [5, 5.41) is 0. The summed E-state index contributed by atoms with van der Waals surface area (Å²) in [7, 11) is 0. The summed E-state index contributed by atoms with van der Waals surface area (Å²) < 4.78 is 0. The van der Waals surface area contributed by atoms with E-state index >= 15 is 0 Å². The highest BCUT2D eigenvalue weighted by molar-refractivity contribution is 6.18. The van der Waals surface area contributed by atoms with Gasteiger partial charge in [0, 0.05) is 25.5 Å². The highest BCUT2D eigenvalue weighted by Crippen LogP contribution is 2.11. The van der Waals surface area contributed by atoms with Crippen molar-refractivity contribution in [2.45, 2.75) is 26.4 Å². The van der Waals surface area contributed by atoms with Gasteiger partial charge in [0.25, 0.3) is 0 Å². The lowest BCUT2D eigenvalue weighted by molar-refractivity contribution is 0.273. The summed E-state index contributed by atoms with van der Waals surface area (Å²) in [5.74, 6) is 0.667. The first-order valence-corrected chi connectivity index (χ1v) is 7.75. The monoisotopic (exact) mass is 287 g/mol. The third-order valence-electron chi connectivity index (χ3n) is 3.49. The van der Waals surface area contributed by atoms with Crippen LogP contribution in [0.3, 0.4) is 0 Å². The molecular weight excluding hydrogens is 266 g/mol. The third-order valence-corrected chi connectivity index (χ3v) is 3.66. The molecule has 2 heteroatoms. The van der Waals surface area contributed by atoms with E-state index in [1.54, 1.807) is 0 Å². The van der Waals surface area contributed by atoms with Crippen LogP contribution in [0.15, 0.2) is 54.6 Å². The zero-order chi connectivity index (χ0) is 14.2. The first-order valence-electron chi connectivity index (χ1n) is 7.22. The van der Waals surface area contributed by atoms with Gasteiger partial charge >= 0.3 is 0 Å². The topological polar surface area (TPSA) is 3.24 Å².